The Bertz CT molecular complexity index is 638. The summed E-state index contributed by atoms with van der Waals surface area (Å²) in [5.74, 6) is -1.10. The molecule has 2 rings (SSSR count). The van der Waals surface area contributed by atoms with Gasteiger partial charge in [0.15, 0.2) is 0 Å². The topological polar surface area (TPSA) is 102 Å². The number of nitrogen functional groups attached to an aromatic ring is 1. The normalized spacial score (nSPS) is 19.9. The van der Waals surface area contributed by atoms with Gasteiger partial charge in [-0.1, -0.05) is 18.2 Å². The fourth-order valence-electron chi connectivity index (χ4n) is 2.28. The van der Waals surface area contributed by atoms with Crippen molar-refractivity contribution in [1.82, 2.24) is 0 Å². The van der Waals surface area contributed by atoms with Crippen LogP contribution in [0.15, 0.2) is 23.7 Å². The zero-order valence-electron chi connectivity index (χ0n) is 13.8. The van der Waals surface area contributed by atoms with E-state index in [1.165, 1.54) is 6.07 Å². The highest BCUT2D eigenvalue weighted by Crippen LogP contribution is 2.39. The summed E-state index contributed by atoms with van der Waals surface area (Å²) in [4.78, 5) is 11.2. The number of para-hydroxylation sites is 1. The Morgan fingerprint density at radius 3 is 2.30 bits per heavy atom. The quantitative estimate of drug-likeness (QED) is 0.579. The summed E-state index contributed by atoms with van der Waals surface area (Å²) in [6, 6.07) is 4.72. The fraction of sp³-hybridized carbons (Fsp3) is 0.438. The number of carbonyl (C=O) groups is 1. The molecule has 1 saturated heterocycles. The van der Waals surface area contributed by atoms with Gasteiger partial charge in [0.25, 0.3) is 0 Å². The lowest BCUT2D eigenvalue weighted by molar-refractivity contribution is 0.00578. The maximum Gasteiger partial charge on any atom is 0.492 e. The van der Waals surface area contributed by atoms with Gasteiger partial charge in [-0.2, -0.15) is 0 Å². The minimum Gasteiger partial charge on any atom is -0.478 e. The molecule has 0 amide bonds. The van der Waals surface area contributed by atoms with E-state index in [9.17, 15) is 9.90 Å². The number of nitrogens with two attached hydrogens (primary N) is 1. The molecular formula is C16H22BNO5. The second-order valence-corrected chi connectivity index (χ2v) is 6.58. The smallest absolute Gasteiger partial charge is 0.478 e. The summed E-state index contributed by atoms with van der Waals surface area (Å²) in [6.07, 6.45) is 1.62. The Morgan fingerprint density at radius 2 is 1.83 bits per heavy atom. The molecule has 1 heterocycles. The van der Waals surface area contributed by atoms with Crippen LogP contribution in [-0.2, 0) is 9.31 Å². The molecule has 1 aromatic carbocycles. The van der Waals surface area contributed by atoms with Crippen LogP contribution in [0.3, 0.4) is 0 Å². The van der Waals surface area contributed by atoms with Gasteiger partial charge in [0, 0.05) is 0 Å². The molecule has 7 heteroatoms. The summed E-state index contributed by atoms with van der Waals surface area (Å²) in [6.45, 7) is 7.39. The van der Waals surface area contributed by atoms with Crippen LogP contribution in [0.2, 0.25) is 0 Å². The molecule has 23 heavy (non-hydrogen) atoms. The Kier molecular flexibility index (Phi) is 4.57. The molecule has 6 nitrogen and oxygen atoms in total. The summed E-state index contributed by atoms with van der Waals surface area (Å²) in [5, 5.41) is 18.8. The van der Waals surface area contributed by atoms with Crippen LogP contribution in [0.5, 0.6) is 0 Å². The average Bonchev–Trinajstić information content (AvgIpc) is 2.65. The number of hydrogen-bond acceptors (Lipinski definition) is 5. The molecule has 1 aliphatic heterocycles. The molecule has 0 radical (unpaired) electrons. The van der Waals surface area contributed by atoms with Gasteiger partial charge < -0.3 is 25.3 Å². The monoisotopic (exact) mass is 319 g/mol. The van der Waals surface area contributed by atoms with Crippen molar-refractivity contribution in [1.29, 1.82) is 0 Å². The number of hydrogen-bond donors (Lipinski definition) is 3. The van der Waals surface area contributed by atoms with Gasteiger partial charge in [0.2, 0.25) is 0 Å². The molecule has 0 spiro atoms. The van der Waals surface area contributed by atoms with Gasteiger partial charge in [-0.05, 0) is 44.8 Å². The standard InChI is InChI=1S/C16H22BNO5/c1-15(2)16(3,4)23-17(22-15)11(9-19)8-10-6-5-7-12(13(10)18)14(20)21/h5-8,19H,9,18H2,1-4H3,(H,20,21). The van der Waals surface area contributed by atoms with Gasteiger partial charge in [0.05, 0.1) is 29.1 Å². The predicted octanol–water partition coefficient (Wildman–Crippen LogP) is 1.97. The van der Waals surface area contributed by atoms with Crippen molar-refractivity contribution in [2.45, 2.75) is 38.9 Å². The number of aromatic carboxylic acids is 1. The largest absolute Gasteiger partial charge is 0.492 e. The molecule has 124 valence electrons. The van der Waals surface area contributed by atoms with Crippen LogP contribution in [0.25, 0.3) is 6.08 Å². The number of benzene rings is 1. The number of rotatable bonds is 4. The number of carboxylic acid groups (broad SMARTS) is 1. The molecule has 0 aromatic heterocycles. The maximum absolute atomic E-state index is 11.2. The highest BCUT2D eigenvalue weighted by Gasteiger charge is 2.52. The third-order valence-electron chi connectivity index (χ3n) is 4.45. The second-order valence-electron chi connectivity index (χ2n) is 6.58. The van der Waals surface area contributed by atoms with Gasteiger partial charge in [-0.25, -0.2) is 4.79 Å². The SMILES string of the molecule is CC1(C)OB(C(=Cc2cccc(C(=O)O)c2N)CO)OC1(C)C. The van der Waals surface area contributed by atoms with E-state index in [0.29, 0.717) is 11.0 Å². The first-order valence-corrected chi connectivity index (χ1v) is 7.38. The summed E-state index contributed by atoms with van der Waals surface area (Å²) in [5.41, 5.74) is 6.00. The first-order valence-electron chi connectivity index (χ1n) is 7.38. The summed E-state index contributed by atoms with van der Waals surface area (Å²) in [7, 11) is -0.710. The summed E-state index contributed by atoms with van der Waals surface area (Å²) < 4.78 is 11.8. The lowest BCUT2D eigenvalue weighted by Gasteiger charge is -2.32. The number of aliphatic hydroxyl groups excluding tert-OH is 1. The van der Waals surface area contributed by atoms with E-state index in [0.717, 1.165) is 0 Å². The molecule has 0 unspecified atom stereocenters. The molecule has 1 aromatic rings. The predicted molar refractivity (Wildman–Crippen MR) is 89.0 cm³/mol. The van der Waals surface area contributed by atoms with Gasteiger partial charge >= 0.3 is 13.1 Å². The lowest BCUT2D eigenvalue weighted by atomic mass is 9.77. The molecular weight excluding hydrogens is 297 g/mol. The van der Waals surface area contributed by atoms with Crippen LogP contribution >= 0.6 is 0 Å². The average molecular weight is 319 g/mol. The van der Waals surface area contributed by atoms with Crippen LogP contribution in [0, 0.1) is 0 Å². The zero-order valence-corrected chi connectivity index (χ0v) is 13.8. The minimum atomic E-state index is -1.10. The maximum atomic E-state index is 11.2. The van der Waals surface area contributed by atoms with Gasteiger partial charge in [-0.3, -0.25) is 0 Å². The van der Waals surface area contributed by atoms with Gasteiger partial charge in [0.1, 0.15) is 0 Å². The van der Waals surface area contributed by atoms with Crippen molar-refractivity contribution in [2.75, 3.05) is 12.3 Å². The van der Waals surface area contributed by atoms with Crippen molar-refractivity contribution in [2.24, 2.45) is 0 Å². The van der Waals surface area contributed by atoms with E-state index in [4.69, 9.17) is 20.1 Å². The van der Waals surface area contributed by atoms with E-state index in [-0.39, 0.29) is 17.9 Å². The second kappa shape index (κ2) is 6.00. The van der Waals surface area contributed by atoms with E-state index < -0.39 is 24.3 Å². The molecule has 0 aliphatic carbocycles. The molecule has 0 saturated carbocycles. The number of carboxylic acids is 1. The first kappa shape index (κ1) is 17.5. The van der Waals surface area contributed by atoms with Crippen LogP contribution in [0.1, 0.15) is 43.6 Å². The fourth-order valence-corrected chi connectivity index (χ4v) is 2.28. The minimum absolute atomic E-state index is 0.0185. The highest BCUT2D eigenvalue weighted by atomic mass is 16.7. The zero-order chi connectivity index (χ0) is 17.4. The van der Waals surface area contributed by atoms with E-state index >= 15 is 0 Å². The molecule has 1 aliphatic rings. The molecule has 1 fully saturated rings. The van der Waals surface area contributed by atoms with Crippen molar-refractivity contribution in [3.63, 3.8) is 0 Å². The Balaban J connectivity index is 2.38. The van der Waals surface area contributed by atoms with Crippen molar-refractivity contribution in [3.05, 3.63) is 34.8 Å². The van der Waals surface area contributed by atoms with Crippen LogP contribution in [0.4, 0.5) is 5.69 Å². The van der Waals surface area contributed by atoms with E-state index in [2.05, 4.69) is 0 Å². The van der Waals surface area contributed by atoms with Crippen molar-refractivity contribution < 1.29 is 24.3 Å². The molecule has 0 atom stereocenters. The van der Waals surface area contributed by atoms with Gasteiger partial charge in [-0.15, -0.1) is 0 Å². The Morgan fingerprint density at radius 1 is 1.26 bits per heavy atom. The van der Waals surface area contributed by atoms with Crippen LogP contribution < -0.4 is 5.73 Å². The molecule has 0 bridgehead atoms. The molecule has 4 N–H and O–H groups in total. The van der Waals surface area contributed by atoms with E-state index in [1.54, 1.807) is 18.2 Å². The highest BCUT2D eigenvalue weighted by molar-refractivity contribution is 6.55. The van der Waals surface area contributed by atoms with Crippen molar-refractivity contribution in [3.8, 4) is 0 Å². The number of aliphatic hydroxyl groups is 1. The Hall–Kier alpha value is -1.83. The number of anilines is 1. The third kappa shape index (κ3) is 3.27. The van der Waals surface area contributed by atoms with E-state index in [1.807, 2.05) is 27.7 Å². The van der Waals surface area contributed by atoms with Crippen LogP contribution in [-0.4, -0.2) is 41.1 Å². The first-order chi connectivity index (χ1) is 10.6. The third-order valence-corrected chi connectivity index (χ3v) is 4.45. The summed E-state index contributed by atoms with van der Waals surface area (Å²) >= 11 is 0. The lowest BCUT2D eigenvalue weighted by Crippen LogP contribution is -2.41. The van der Waals surface area contributed by atoms with Crippen molar-refractivity contribution >= 4 is 24.9 Å². The Labute approximate surface area is 136 Å².